The Hall–Kier alpha value is -1.15. The Morgan fingerprint density at radius 3 is 2.31 bits per heavy atom. The first-order valence-electron chi connectivity index (χ1n) is 5.91. The van der Waals surface area contributed by atoms with E-state index < -0.39 is 0 Å². The molecule has 0 spiro atoms. The largest absolute Gasteiger partial charge is 0.396 e. The summed E-state index contributed by atoms with van der Waals surface area (Å²) < 4.78 is 0. The van der Waals surface area contributed by atoms with E-state index in [-0.39, 0.29) is 12.0 Å². The van der Waals surface area contributed by atoms with E-state index in [0.29, 0.717) is 18.6 Å². The van der Waals surface area contributed by atoms with E-state index in [9.17, 15) is 9.90 Å². The monoisotopic (exact) mass is 218 g/mol. The summed E-state index contributed by atoms with van der Waals surface area (Å²) in [5.41, 5.74) is 1.20. The maximum atomic E-state index is 11.2. The lowest BCUT2D eigenvalue weighted by Gasteiger charge is -2.35. The van der Waals surface area contributed by atoms with Crippen LogP contribution in [0.15, 0.2) is 30.3 Å². The summed E-state index contributed by atoms with van der Waals surface area (Å²) in [5, 5.41) is 9.58. The minimum Gasteiger partial charge on any atom is -0.396 e. The summed E-state index contributed by atoms with van der Waals surface area (Å²) in [5.74, 6) is 0.345. The van der Waals surface area contributed by atoms with Crippen molar-refractivity contribution < 1.29 is 9.90 Å². The standard InChI is InChI=1S/C14H18O2/c15-11-14(8-6-13(16)7-9-14)10-12-4-2-1-3-5-12/h1-5,15H,6-11H2. The molecule has 1 saturated carbocycles. The quantitative estimate of drug-likeness (QED) is 0.845. The predicted molar refractivity (Wildman–Crippen MR) is 63.1 cm³/mol. The Morgan fingerprint density at radius 2 is 1.75 bits per heavy atom. The molecule has 2 rings (SSSR count). The van der Waals surface area contributed by atoms with Crippen molar-refractivity contribution in [2.24, 2.45) is 5.41 Å². The number of ketones is 1. The molecule has 1 aromatic rings. The van der Waals surface area contributed by atoms with E-state index in [1.54, 1.807) is 0 Å². The molecule has 0 atom stereocenters. The van der Waals surface area contributed by atoms with Gasteiger partial charge in [-0.05, 0) is 30.2 Å². The SMILES string of the molecule is O=C1CCC(CO)(Cc2ccccc2)CC1. The van der Waals surface area contributed by atoms with Crippen molar-refractivity contribution in [3.8, 4) is 0 Å². The zero-order valence-corrected chi connectivity index (χ0v) is 9.48. The summed E-state index contributed by atoms with van der Waals surface area (Å²) in [6, 6.07) is 10.2. The minimum atomic E-state index is -0.0603. The molecule has 1 N–H and O–H groups in total. The van der Waals surface area contributed by atoms with Gasteiger partial charge in [-0.15, -0.1) is 0 Å². The molecule has 1 aromatic carbocycles. The molecule has 0 bridgehead atoms. The van der Waals surface area contributed by atoms with E-state index in [4.69, 9.17) is 0 Å². The molecule has 16 heavy (non-hydrogen) atoms. The lowest BCUT2D eigenvalue weighted by molar-refractivity contribution is -0.123. The number of hydrogen-bond acceptors (Lipinski definition) is 2. The Balaban J connectivity index is 2.08. The number of benzene rings is 1. The van der Waals surface area contributed by atoms with E-state index in [2.05, 4.69) is 12.1 Å². The molecule has 86 valence electrons. The smallest absolute Gasteiger partial charge is 0.132 e. The van der Waals surface area contributed by atoms with Crippen LogP contribution in [0.5, 0.6) is 0 Å². The highest BCUT2D eigenvalue weighted by molar-refractivity contribution is 5.79. The van der Waals surface area contributed by atoms with Crippen molar-refractivity contribution in [3.05, 3.63) is 35.9 Å². The Kier molecular flexibility index (Phi) is 3.39. The molecule has 1 aliphatic rings. The van der Waals surface area contributed by atoms with E-state index in [1.165, 1.54) is 5.56 Å². The molecule has 0 aliphatic heterocycles. The van der Waals surface area contributed by atoms with Crippen LogP contribution in [0.25, 0.3) is 0 Å². The van der Waals surface area contributed by atoms with Crippen molar-refractivity contribution in [2.45, 2.75) is 32.1 Å². The summed E-state index contributed by atoms with van der Waals surface area (Å²) in [4.78, 5) is 11.2. The van der Waals surface area contributed by atoms with Gasteiger partial charge in [0.25, 0.3) is 0 Å². The van der Waals surface area contributed by atoms with Gasteiger partial charge in [0, 0.05) is 19.4 Å². The third kappa shape index (κ3) is 2.50. The molecule has 1 fully saturated rings. The van der Waals surface area contributed by atoms with Gasteiger partial charge in [-0.1, -0.05) is 30.3 Å². The second-order valence-electron chi connectivity index (χ2n) is 4.86. The fourth-order valence-electron chi connectivity index (χ4n) is 2.48. The van der Waals surface area contributed by atoms with Crippen molar-refractivity contribution in [1.82, 2.24) is 0 Å². The number of aliphatic hydroxyl groups excluding tert-OH is 1. The fraction of sp³-hybridized carbons (Fsp3) is 0.500. The highest BCUT2D eigenvalue weighted by Crippen LogP contribution is 2.37. The van der Waals surface area contributed by atoms with Crippen LogP contribution in [-0.4, -0.2) is 17.5 Å². The summed E-state index contributed by atoms with van der Waals surface area (Å²) in [7, 11) is 0. The van der Waals surface area contributed by atoms with Crippen LogP contribution >= 0.6 is 0 Å². The van der Waals surface area contributed by atoms with Gasteiger partial charge in [0.15, 0.2) is 0 Å². The molecule has 0 unspecified atom stereocenters. The average Bonchev–Trinajstić information content (AvgIpc) is 2.34. The van der Waals surface area contributed by atoms with Gasteiger partial charge in [0.2, 0.25) is 0 Å². The van der Waals surface area contributed by atoms with Gasteiger partial charge >= 0.3 is 0 Å². The summed E-state index contributed by atoms with van der Waals surface area (Å²) in [6.07, 6.45) is 3.81. The minimum absolute atomic E-state index is 0.0603. The molecule has 2 nitrogen and oxygen atoms in total. The topological polar surface area (TPSA) is 37.3 Å². The predicted octanol–water partition coefficient (Wildman–Crippen LogP) is 2.35. The van der Waals surface area contributed by atoms with Crippen LogP contribution in [0.1, 0.15) is 31.2 Å². The van der Waals surface area contributed by atoms with Crippen LogP contribution in [0.4, 0.5) is 0 Å². The first kappa shape index (κ1) is 11.3. The molecular formula is C14H18O2. The van der Waals surface area contributed by atoms with Crippen molar-refractivity contribution in [1.29, 1.82) is 0 Å². The summed E-state index contributed by atoms with van der Waals surface area (Å²) >= 11 is 0. The number of rotatable bonds is 3. The molecule has 2 heteroatoms. The zero-order valence-electron chi connectivity index (χ0n) is 9.48. The first-order chi connectivity index (χ1) is 7.74. The Bertz CT molecular complexity index is 346. The third-order valence-corrected chi connectivity index (χ3v) is 3.63. The normalized spacial score (nSPS) is 19.7. The number of hydrogen-bond donors (Lipinski definition) is 1. The highest BCUT2D eigenvalue weighted by atomic mass is 16.3. The number of Topliss-reactive ketones (excluding diaryl/α,β-unsaturated/α-hetero) is 1. The van der Waals surface area contributed by atoms with Gasteiger partial charge in [-0.3, -0.25) is 4.79 Å². The van der Waals surface area contributed by atoms with E-state index in [1.807, 2.05) is 18.2 Å². The van der Waals surface area contributed by atoms with Gasteiger partial charge in [0.1, 0.15) is 5.78 Å². The highest BCUT2D eigenvalue weighted by Gasteiger charge is 2.34. The lowest BCUT2D eigenvalue weighted by Crippen LogP contribution is -2.33. The maximum Gasteiger partial charge on any atom is 0.132 e. The fourth-order valence-corrected chi connectivity index (χ4v) is 2.48. The number of carbonyl (C=O) groups excluding carboxylic acids is 1. The van der Waals surface area contributed by atoms with Crippen LogP contribution < -0.4 is 0 Å². The molecule has 0 aromatic heterocycles. The van der Waals surface area contributed by atoms with Crippen LogP contribution in [0, 0.1) is 5.41 Å². The molecule has 0 heterocycles. The van der Waals surface area contributed by atoms with E-state index in [0.717, 1.165) is 19.3 Å². The molecular weight excluding hydrogens is 200 g/mol. The van der Waals surface area contributed by atoms with Crippen LogP contribution in [0.2, 0.25) is 0 Å². The molecule has 0 radical (unpaired) electrons. The van der Waals surface area contributed by atoms with Crippen LogP contribution in [-0.2, 0) is 11.2 Å². The van der Waals surface area contributed by atoms with Gasteiger partial charge in [0.05, 0.1) is 0 Å². The lowest BCUT2D eigenvalue weighted by atomic mass is 9.70. The zero-order chi connectivity index (χ0) is 11.4. The Morgan fingerprint density at radius 1 is 1.12 bits per heavy atom. The van der Waals surface area contributed by atoms with Crippen molar-refractivity contribution >= 4 is 5.78 Å². The molecule has 0 amide bonds. The van der Waals surface area contributed by atoms with E-state index >= 15 is 0 Å². The number of aliphatic hydroxyl groups is 1. The average molecular weight is 218 g/mol. The second-order valence-corrected chi connectivity index (χ2v) is 4.86. The summed E-state index contributed by atoms with van der Waals surface area (Å²) in [6.45, 7) is 0.190. The first-order valence-corrected chi connectivity index (χ1v) is 5.91. The van der Waals surface area contributed by atoms with Crippen molar-refractivity contribution in [2.75, 3.05) is 6.61 Å². The second kappa shape index (κ2) is 4.79. The van der Waals surface area contributed by atoms with Crippen LogP contribution in [0.3, 0.4) is 0 Å². The van der Waals surface area contributed by atoms with Gasteiger partial charge < -0.3 is 5.11 Å². The number of carbonyl (C=O) groups is 1. The molecule has 0 saturated heterocycles. The third-order valence-electron chi connectivity index (χ3n) is 3.63. The maximum absolute atomic E-state index is 11.2. The van der Waals surface area contributed by atoms with Crippen molar-refractivity contribution in [3.63, 3.8) is 0 Å². The van der Waals surface area contributed by atoms with Gasteiger partial charge in [-0.2, -0.15) is 0 Å². The van der Waals surface area contributed by atoms with Gasteiger partial charge in [-0.25, -0.2) is 0 Å². The Labute approximate surface area is 96.3 Å². The molecule has 1 aliphatic carbocycles.